The number of carbonyl (C=O) groups is 2. The van der Waals surface area contributed by atoms with Gasteiger partial charge in [0, 0.05) is 44.5 Å². The van der Waals surface area contributed by atoms with Crippen LogP contribution < -0.4 is 20.5 Å². The zero-order valence-corrected chi connectivity index (χ0v) is 23.3. The van der Waals surface area contributed by atoms with Gasteiger partial charge in [-0.25, -0.2) is 8.42 Å². The Balaban J connectivity index is 1.55. The molecule has 2 aromatic rings. The predicted molar refractivity (Wildman–Crippen MR) is 157 cm³/mol. The van der Waals surface area contributed by atoms with Crippen LogP contribution in [0.2, 0.25) is 0 Å². The number of rotatable bonds is 11. The molecule has 1 saturated heterocycles. The van der Waals surface area contributed by atoms with Gasteiger partial charge in [-0.05, 0) is 36.2 Å². The number of nitrogens with zero attached hydrogens (tertiary/aromatic N) is 3. The molecule has 1 amide bonds. The highest BCUT2D eigenvalue weighted by atomic mass is 32.2. The largest absolute Gasteiger partial charge is 0.489 e. The molecule has 2 aliphatic rings. The van der Waals surface area contributed by atoms with Crippen molar-refractivity contribution in [2.24, 2.45) is 16.5 Å². The van der Waals surface area contributed by atoms with Gasteiger partial charge in [-0.15, -0.1) is 0 Å². The van der Waals surface area contributed by atoms with Crippen molar-refractivity contribution in [3.63, 3.8) is 0 Å². The van der Waals surface area contributed by atoms with Gasteiger partial charge in [-0.1, -0.05) is 30.4 Å². The van der Waals surface area contributed by atoms with E-state index in [0.717, 1.165) is 55.5 Å². The zero-order chi connectivity index (χ0) is 29.6. The molecule has 2 aromatic carbocycles. The fourth-order valence-corrected chi connectivity index (χ4v) is 6.09. The SMILES string of the molecule is N=C(N)c1cccc(C=CCN(c2ccc(OC3CCN(C4=NCCC4)CC3)c(C(N)=O)c2)S(=O)(=O)CC(=O)O)c1. The summed E-state index contributed by atoms with van der Waals surface area (Å²) in [6.45, 7) is 2.22. The molecule has 2 aliphatic heterocycles. The van der Waals surface area contributed by atoms with E-state index in [-0.39, 0.29) is 35.5 Å². The van der Waals surface area contributed by atoms with Crippen molar-refractivity contribution < 1.29 is 27.9 Å². The van der Waals surface area contributed by atoms with Crippen LogP contribution in [0.5, 0.6) is 5.75 Å². The summed E-state index contributed by atoms with van der Waals surface area (Å²) in [5, 5.41) is 16.8. The van der Waals surface area contributed by atoms with E-state index >= 15 is 0 Å². The molecule has 0 atom stereocenters. The van der Waals surface area contributed by atoms with Gasteiger partial charge in [-0.2, -0.15) is 0 Å². The third-order valence-electron chi connectivity index (χ3n) is 6.89. The van der Waals surface area contributed by atoms with Crippen molar-refractivity contribution in [2.45, 2.75) is 31.8 Å². The van der Waals surface area contributed by atoms with Gasteiger partial charge < -0.3 is 26.2 Å². The second-order valence-corrected chi connectivity index (χ2v) is 11.8. The number of sulfonamides is 1. The highest BCUT2D eigenvalue weighted by Crippen LogP contribution is 2.30. The smallest absolute Gasteiger partial charge is 0.320 e. The summed E-state index contributed by atoms with van der Waals surface area (Å²) < 4.78 is 33.2. The minimum absolute atomic E-state index is 0.00115. The molecule has 0 radical (unpaired) electrons. The minimum Gasteiger partial charge on any atom is -0.489 e. The molecular weight excluding hydrogens is 548 g/mol. The Kier molecular flexibility index (Phi) is 9.28. The number of benzene rings is 2. The van der Waals surface area contributed by atoms with Crippen molar-refractivity contribution in [2.75, 3.05) is 36.2 Å². The lowest BCUT2D eigenvalue weighted by molar-refractivity contribution is -0.134. The van der Waals surface area contributed by atoms with Crippen molar-refractivity contribution >= 4 is 45.3 Å². The van der Waals surface area contributed by atoms with E-state index in [9.17, 15) is 23.1 Å². The van der Waals surface area contributed by atoms with E-state index in [1.54, 1.807) is 30.3 Å². The van der Waals surface area contributed by atoms with E-state index in [1.165, 1.54) is 24.3 Å². The lowest BCUT2D eigenvalue weighted by atomic mass is 10.1. The minimum atomic E-state index is -4.33. The average molecular weight is 583 g/mol. The van der Waals surface area contributed by atoms with Crippen molar-refractivity contribution in [1.29, 1.82) is 5.41 Å². The normalized spacial score (nSPS) is 16.0. The number of piperidine rings is 1. The number of aliphatic carboxylic acids is 1. The van der Waals surface area contributed by atoms with Gasteiger partial charge in [0.05, 0.1) is 23.6 Å². The summed E-state index contributed by atoms with van der Waals surface area (Å²) in [6.07, 6.45) is 6.53. The van der Waals surface area contributed by atoms with E-state index in [1.807, 2.05) is 0 Å². The summed E-state index contributed by atoms with van der Waals surface area (Å²) in [7, 11) is -4.33. The lowest BCUT2D eigenvalue weighted by Crippen LogP contribution is -2.41. The molecular formula is C28H34N6O6S. The van der Waals surface area contributed by atoms with E-state index in [2.05, 4.69) is 9.89 Å². The molecule has 1 fully saturated rings. The molecule has 4 rings (SSSR count). The number of hydrogen-bond donors (Lipinski definition) is 4. The molecule has 0 aromatic heterocycles. The topological polar surface area (TPSA) is 192 Å². The Morgan fingerprint density at radius 3 is 2.56 bits per heavy atom. The number of aliphatic imine (C=N–C) groups is 1. The molecule has 2 heterocycles. The standard InChI is InChI=1S/C28H34N6O6S/c29-27(30)20-6-1-4-19(16-20)5-3-13-34(41(38,39)18-26(35)36)21-8-9-24(23(17-21)28(31)37)40-22-10-14-33(15-11-22)25-7-2-12-32-25/h1,3-6,8-9,16-17,22H,2,7,10-15,18H2,(H3,29,30)(H2,31,37)(H,35,36). The number of ether oxygens (including phenoxy) is 1. The summed E-state index contributed by atoms with van der Waals surface area (Å²) in [4.78, 5) is 30.6. The lowest BCUT2D eigenvalue weighted by Gasteiger charge is -2.34. The monoisotopic (exact) mass is 582 g/mol. The first-order valence-corrected chi connectivity index (χ1v) is 14.9. The van der Waals surface area contributed by atoms with Gasteiger partial charge in [0.25, 0.3) is 5.91 Å². The molecule has 0 bridgehead atoms. The number of carboxylic acid groups (broad SMARTS) is 1. The fraction of sp³-hybridized carbons (Fsp3) is 0.357. The molecule has 0 spiro atoms. The zero-order valence-electron chi connectivity index (χ0n) is 22.5. The number of nitrogen functional groups attached to an aromatic ring is 1. The predicted octanol–water partition coefficient (Wildman–Crippen LogP) is 2.04. The molecule has 6 N–H and O–H groups in total. The second-order valence-electron chi connectivity index (χ2n) is 9.87. The van der Waals surface area contributed by atoms with Crippen LogP contribution in [0.4, 0.5) is 5.69 Å². The van der Waals surface area contributed by atoms with Crippen LogP contribution in [0.25, 0.3) is 6.08 Å². The van der Waals surface area contributed by atoms with Crippen molar-refractivity contribution in [1.82, 2.24) is 4.90 Å². The number of likely N-dealkylation sites (tertiary alicyclic amines) is 1. The van der Waals surface area contributed by atoms with Gasteiger partial charge in [-0.3, -0.25) is 24.3 Å². The van der Waals surface area contributed by atoms with Crippen LogP contribution >= 0.6 is 0 Å². The average Bonchev–Trinajstić information content (AvgIpc) is 3.46. The Labute approximate surface area is 238 Å². The van der Waals surface area contributed by atoms with Crippen LogP contribution in [0, 0.1) is 5.41 Å². The van der Waals surface area contributed by atoms with Crippen molar-refractivity contribution in [3.05, 3.63) is 65.2 Å². The van der Waals surface area contributed by atoms with Gasteiger partial charge >= 0.3 is 5.97 Å². The number of nitrogens with two attached hydrogens (primary N) is 2. The van der Waals surface area contributed by atoms with E-state index in [0.29, 0.717) is 11.1 Å². The molecule has 0 saturated carbocycles. The maximum Gasteiger partial charge on any atom is 0.320 e. The van der Waals surface area contributed by atoms with Gasteiger partial charge in [0.2, 0.25) is 10.0 Å². The fourth-order valence-electron chi connectivity index (χ4n) is 4.87. The Bertz CT molecular complexity index is 1480. The number of nitrogens with one attached hydrogen (secondary N) is 1. The summed E-state index contributed by atoms with van der Waals surface area (Å²) in [5.41, 5.74) is 12.4. The van der Waals surface area contributed by atoms with Crippen LogP contribution in [0.3, 0.4) is 0 Å². The van der Waals surface area contributed by atoms with Gasteiger partial charge in [0.1, 0.15) is 17.7 Å². The number of carboxylic acids is 1. The number of primary amides is 1. The number of amidine groups is 2. The van der Waals surface area contributed by atoms with E-state index < -0.39 is 27.7 Å². The first-order valence-electron chi connectivity index (χ1n) is 13.3. The summed E-state index contributed by atoms with van der Waals surface area (Å²) >= 11 is 0. The number of anilines is 1. The quantitative estimate of drug-likeness (QED) is 0.228. The number of hydrogen-bond acceptors (Lipinski definition) is 8. The Morgan fingerprint density at radius 2 is 1.93 bits per heavy atom. The van der Waals surface area contributed by atoms with E-state index in [4.69, 9.17) is 21.6 Å². The third-order valence-corrected chi connectivity index (χ3v) is 8.53. The Morgan fingerprint density at radius 1 is 1.17 bits per heavy atom. The molecule has 41 heavy (non-hydrogen) atoms. The summed E-state index contributed by atoms with van der Waals surface area (Å²) in [5.74, 6) is -2.20. The van der Waals surface area contributed by atoms with Crippen LogP contribution in [-0.4, -0.2) is 80.0 Å². The van der Waals surface area contributed by atoms with Crippen molar-refractivity contribution in [3.8, 4) is 5.75 Å². The third kappa shape index (κ3) is 7.63. The maximum absolute atomic E-state index is 13.1. The Hall–Kier alpha value is -4.39. The number of carbonyl (C=O) groups excluding carboxylic acids is 1. The maximum atomic E-state index is 13.1. The van der Waals surface area contributed by atoms with Crippen LogP contribution in [0.15, 0.2) is 53.5 Å². The number of amides is 1. The summed E-state index contributed by atoms with van der Waals surface area (Å²) in [6, 6.07) is 11.1. The molecule has 12 nitrogen and oxygen atoms in total. The second kappa shape index (κ2) is 12.9. The van der Waals surface area contributed by atoms with Crippen LogP contribution in [-0.2, 0) is 14.8 Å². The highest BCUT2D eigenvalue weighted by molar-refractivity contribution is 7.93. The molecule has 218 valence electrons. The first kappa shape index (κ1) is 29.6. The first-order chi connectivity index (χ1) is 19.5. The molecule has 0 unspecified atom stereocenters. The van der Waals surface area contributed by atoms with Gasteiger partial charge in [0.15, 0.2) is 5.75 Å². The van der Waals surface area contributed by atoms with Crippen LogP contribution in [0.1, 0.15) is 47.2 Å². The molecule has 0 aliphatic carbocycles. The highest BCUT2D eigenvalue weighted by Gasteiger charge is 2.28. The molecule has 13 heteroatoms.